The lowest BCUT2D eigenvalue weighted by Gasteiger charge is -2.24. The van der Waals surface area contributed by atoms with Gasteiger partial charge in [0.25, 0.3) is 5.91 Å². The van der Waals surface area contributed by atoms with Gasteiger partial charge in [0.2, 0.25) is 5.91 Å². The Labute approximate surface area is 122 Å². The number of amides is 2. The summed E-state index contributed by atoms with van der Waals surface area (Å²) in [4.78, 5) is 23.6. The summed E-state index contributed by atoms with van der Waals surface area (Å²) in [6, 6.07) is 10.3. The van der Waals surface area contributed by atoms with Gasteiger partial charge in [-0.15, -0.1) is 0 Å². The van der Waals surface area contributed by atoms with Gasteiger partial charge in [0.05, 0.1) is 6.26 Å². The fraction of sp³-hybridized carbons (Fsp3) is 0.250. The molecule has 21 heavy (non-hydrogen) atoms. The Balaban J connectivity index is 1.58. The van der Waals surface area contributed by atoms with Gasteiger partial charge in [-0.05, 0) is 49.2 Å². The third-order valence-electron chi connectivity index (χ3n) is 3.63. The van der Waals surface area contributed by atoms with Gasteiger partial charge in [-0.1, -0.05) is 6.42 Å². The summed E-state index contributed by atoms with van der Waals surface area (Å²) in [5.74, 6) is 0.195. The first-order valence-corrected chi connectivity index (χ1v) is 6.98. The summed E-state index contributed by atoms with van der Waals surface area (Å²) >= 11 is 0. The smallest absolute Gasteiger partial charge is 0.291 e. The van der Waals surface area contributed by atoms with Gasteiger partial charge in [-0.3, -0.25) is 9.59 Å². The molecule has 2 aromatic rings. The zero-order valence-electron chi connectivity index (χ0n) is 11.5. The van der Waals surface area contributed by atoms with E-state index in [-0.39, 0.29) is 23.5 Å². The number of rotatable bonds is 4. The maximum absolute atomic E-state index is 11.8. The first-order valence-electron chi connectivity index (χ1n) is 6.98. The predicted octanol–water partition coefficient (Wildman–Crippen LogP) is 3.27. The number of carbonyl (C=O) groups excluding carboxylic acids is 2. The van der Waals surface area contributed by atoms with Crippen molar-refractivity contribution in [1.82, 2.24) is 0 Å². The Morgan fingerprint density at radius 1 is 1.00 bits per heavy atom. The van der Waals surface area contributed by atoms with Crippen molar-refractivity contribution >= 4 is 23.2 Å². The van der Waals surface area contributed by atoms with E-state index in [0.717, 1.165) is 24.9 Å². The number of carbonyl (C=O) groups is 2. The molecule has 2 N–H and O–H groups in total. The van der Waals surface area contributed by atoms with Crippen LogP contribution in [0.2, 0.25) is 0 Å². The van der Waals surface area contributed by atoms with E-state index in [1.807, 2.05) is 0 Å². The van der Waals surface area contributed by atoms with Crippen LogP contribution in [-0.2, 0) is 4.79 Å². The van der Waals surface area contributed by atoms with Crippen LogP contribution in [0, 0.1) is 5.92 Å². The molecule has 0 aliphatic heterocycles. The van der Waals surface area contributed by atoms with Gasteiger partial charge in [-0.2, -0.15) is 0 Å². The highest BCUT2D eigenvalue weighted by Crippen LogP contribution is 2.27. The third-order valence-corrected chi connectivity index (χ3v) is 3.63. The molecule has 0 atom stereocenters. The molecule has 1 aromatic carbocycles. The standard InChI is InChI=1S/C16H16N2O3/c19-15(11-3-1-4-11)17-12-6-8-13(9-7-12)18-16(20)14-5-2-10-21-14/h2,5-11H,1,3-4H2,(H,17,19)(H,18,20). The largest absolute Gasteiger partial charge is 0.459 e. The predicted molar refractivity (Wildman–Crippen MR) is 79.1 cm³/mol. The molecule has 108 valence electrons. The van der Waals surface area contributed by atoms with Crippen LogP contribution in [-0.4, -0.2) is 11.8 Å². The highest BCUT2D eigenvalue weighted by atomic mass is 16.3. The lowest BCUT2D eigenvalue weighted by atomic mass is 9.85. The van der Waals surface area contributed by atoms with Crippen molar-refractivity contribution in [3.05, 3.63) is 48.4 Å². The van der Waals surface area contributed by atoms with Crippen LogP contribution in [0.15, 0.2) is 47.1 Å². The number of anilines is 2. The van der Waals surface area contributed by atoms with Crippen molar-refractivity contribution in [2.45, 2.75) is 19.3 Å². The molecule has 0 saturated heterocycles. The number of benzene rings is 1. The molecule has 1 aliphatic rings. The fourth-order valence-corrected chi connectivity index (χ4v) is 2.15. The molecular weight excluding hydrogens is 268 g/mol. The lowest BCUT2D eigenvalue weighted by Crippen LogP contribution is -2.27. The van der Waals surface area contributed by atoms with E-state index in [0.29, 0.717) is 5.69 Å². The van der Waals surface area contributed by atoms with Crippen LogP contribution in [0.25, 0.3) is 0 Å². The zero-order chi connectivity index (χ0) is 14.7. The molecule has 1 aliphatic carbocycles. The van der Waals surface area contributed by atoms with Crippen LogP contribution < -0.4 is 10.6 Å². The Morgan fingerprint density at radius 2 is 1.67 bits per heavy atom. The lowest BCUT2D eigenvalue weighted by molar-refractivity contribution is -0.122. The molecule has 0 unspecified atom stereocenters. The maximum atomic E-state index is 11.8. The second-order valence-corrected chi connectivity index (χ2v) is 5.13. The Hall–Kier alpha value is -2.56. The summed E-state index contributed by atoms with van der Waals surface area (Å²) in [6.07, 6.45) is 4.54. The van der Waals surface area contributed by atoms with Gasteiger partial charge in [-0.25, -0.2) is 0 Å². The van der Waals surface area contributed by atoms with E-state index >= 15 is 0 Å². The molecule has 0 spiro atoms. The summed E-state index contributed by atoms with van der Waals surface area (Å²) < 4.78 is 5.02. The van der Waals surface area contributed by atoms with E-state index in [4.69, 9.17) is 4.42 Å². The molecule has 5 heteroatoms. The van der Waals surface area contributed by atoms with Crippen LogP contribution in [0.1, 0.15) is 29.8 Å². The van der Waals surface area contributed by atoms with Crippen molar-refractivity contribution in [3.63, 3.8) is 0 Å². The Bertz CT molecular complexity index is 628. The quantitative estimate of drug-likeness (QED) is 0.905. The van der Waals surface area contributed by atoms with Crippen LogP contribution in [0.3, 0.4) is 0 Å². The maximum Gasteiger partial charge on any atom is 0.291 e. The molecule has 3 rings (SSSR count). The van der Waals surface area contributed by atoms with Gasteiger partial charge in [0.1, 0.15) is 0 Å². The number of hydrogen-bond acceptors (Lipinski definition) is 3. The zero-order valence-corrected chi connectivity index (χ0v) is 11.5. The minimum absolute atomic E-state index is 0.0774. The third kappa shape index (κ3) is 3.13. The average molecular weight is 284 g/mol. The van der Waals surface area contributed by atoms with Crippen molar-refractivity contribution in [1.29, 1.82) is 0 Å². The van der Waals surface area contributed by atoms with Crippen molar-refractivity contribution in [2.24, 2.45) is 5.92 Å². The van der Waals surface area contributed by atoms with E-state index in [1.165, 1.54) is 6.26 Å². The Morgan fingerprint density at radius 3 is 2.19 bits per heavy atom. The summed E-state index contributed by atoms with van der Waals surface area (Å²) in [5.41, 5.74) is 1.39. The molecule has 1 heterocycles. The van der Waals surface area contributed by atoms with Gasteiger partial charge >= 0.3 is 0 Å². The molecule has 0 radical (unpaired) electrons. The topological polar surface area (TPSA) is 71.3 Å². The second-order valence-electron chi connectivity index (χ2n) is 5.13. The van der Waals surface area contributed by atoms with Crippen LogP contribution in [0.5, 0.6) is 0 Å². The average Bonchev–Trinajstić information content (AvgIpc) is 2.93. The molecule has 1 fully saturated rings. The summed E-state index contributed by atoms with van der Waals surface area (Å²) in [5, 5.41) is 5.61. The van der Waals surface area contributed by atoms with Gasteiger partial charge in [0.15, 0.2) is 5.76 Å². The number of hydrogen-bond donors (Lipinski definition) is 2. The SMILES string of the molecule is O=C(Nc1ccc(NC(=O)C2CCC2)cc1)c1ccco1. The molecule has 2 amide bonds. The van der Waals surface area contributed by atoms with E-state index in [9.17, 15) is 9.59 Å². The normalized spacial score (nSPS) is 14.3. The van der Waals surface area contributed by atoms with Crippen LogP contribution in [0.4, 0.5) is 11.4 Å². The highest BCUT2D eigenvalue weighted by Gasteiger charge is 2.25. The minimum Gasteiger partial charge on any atom is -0.459 e. The minimum atomic E-state index is -0.300. The highest BCUT2D eigenvalue weighted by molar-refractivity contribution is 6.02. The van der Waals surface area contributed by atoms with Gasteiger partial charge in [0, 0.05) is 17.3 Å². The molecule has 1 aromatic heterocycles. The first-order chi connectivity index (χ1) is 10.2. The molecule has 5 nitrogen and oxygen atoms in total. The van der Waals surface area contributed by atoms with Gasteiger partial charge < -0.3 is 15.1 Å². The van der Waals surface area contributed by atoms with Crippen LogP contribution >= 0.6 is 0 Å². The van der Waals surface area contributed by atoms with Crippen molar-refractivity contribution < 1.29 is 14.0 Å². The molecule has 1 saturated carbocycles. The second kappa shape index (κ2) is 5.83. The fourth-order valence-electron chi connectivity index (χ4n) is 2.15. The molecule has 0 bridgehead atoms. The van der Waals surface area contributed by atoms with E-state index < -0.39 is 0 Å². The summed E-state index contributed by atoms with van der Waals surface area (Å²) in [7, 11) is 0. The Kier molecular flexibility index (Phi) is 3.73. The summed E-state index contributed by atoms with van der Waals surface area (Å²) in [6.45, 7) is 0. The van der Waals surface area contributed by atoms with E-state index in [2.05, 4.69) is 10.6 Å². The number of nitrogens with one attached hydrogen (secondary N) is 2. The van der Waals surface area contributed by atoms with Crippen molar-refractivity contribution in [2.75, 3.05) is 10.6 Å². The number of furan rings is 1. The monoisotopic (exact) mass is 284 g/mol. The van der Waals surface area contributed by atoms with E-state index in [1.54, 1.807) is 36.4 Å². The first kappa shape index (κ1) is 13.4. The molecular formula is C16H16N2O3. The van der Waals surface area contributed by atoms with Crippen molar-refractivity contribution in [3.8, 4) is 0 Å².